The molecule has 1 aliphatic heterocycles. The zero-order valence-electron chi connectivity index (χ0n) is 16.7. The number of nitrogens with zero attached hydrogens (tertiary/aromatic N) is 1. The smallest absolute Gasteiger partial charge is 0.350 e. The van der Waals surface area contributed by atoms with Crippen molar-refractivity contribution in [2.24, 2.45) is 0 Å². The van der Waals surface area contributed by atoms with Crippen LogP contribution >= 0.6 is 11.3 Å². The molecular formula is C22H20N2O5S. The van der Waals surface area contributed by atoms with Crippen LogP contribution in [0.1, 0.15) is 20.8 Å². The third-order valence-electron chi connectivity index (χ3n) is 4.30. The Balaban J connectivity index is 1.50. The average Bonchev–Trinajstić information content (AvgIpc) is 3.10. The van der Waals surface area contributed by atoms with Crippen LogP contribution in [0, 0.1) is 0 Å². The number of carbonyl (C=O) groups is 2. The monoisotopic (exact) mass is 424 g/mol. The molecule has 154 valence electrons. The summed E-state index contributed by atoms with van der Waals surface area (Å²) < 4.78 is 16.7. The van der Waals surface area contributed by atoms with Crippen LogP contribution in [0.3, 0.4) is 0 Å². The van der Waals surface area contributed by atoms with Crippen LogP contribution < -0.4 is 10.1 Å². The number of aromatic nitrogens is 1. The second-order valence-corrected chi connectivity index (χ2v) is 8.07. The Morgan fingerprint density at radius 3 is 2.47 bits per heavy atom. The Bertz CT molecular complexity index is 1130. The highest BCUT2D eigenvalue weighted by Gasteiger charge is 2.38. The van der Waals surface area contributed by atoms with E-state index in [0.717, 1.165) is 26.5 Å². The first-order chi connectivity index (χ1) is 14.3. The molecule has 0 spiro atoms. The Kier molecular flexibility index (Phi) is 5.17. The maximum absolute atomic E-state index is 12.0. The van der Waals surface area contributed by atoms with Gasteiger partial charge in [0.05, 0.1) is 16.8 Å². The number of benzene rings is 2. The summed E-state index contributed by atoms with van der Waals surface area (Å²) in [5, 5.41) is 3.83. The number of carbonyl (C=O) groups excluding carboxylic acids is 2. The molecule has 3 aromatic rings. The minimum Gasteiger partial charge on any atom is -0.494 e. The standard InChI is InChI=1S/C22H20N2O5S/c1-4-27-15-9-10-17-18(11-15)30-19(24-17)13-5-7-14(8-6-13)23-12-16-20(25)28-22(2,3)29-21(16)26/h5-12,23H,4H2,1-3H3. The normalized spacial score (nSPS) is 15.5. The number of anilines is 1. The van der Waals surface area contributed by atoms with Crippen molar-refractivity contribution in [3.8, 4) is 16.3 Å². The van der Waals surface area contributed by atoms with Crippen molar-refractivity contribution in [2.45, 2.75) is 26.6 Å². The first-order valence-electron chi connectivity index (χ1n) is 9.42. The maximum Gasteiger partial charge on any atom is 0.350 e. The van der Waals surface area contributed by atoms with Crippen LogP contribution in [0.15, 0.2) is 54.2 Å². The first-order valence-corrected chi connectivity index (χ1v) is 10.2. The van der Waals surface area contributed by atoms with Gasteiger partial charge in [-0.1, -0.05) is 0 Å². The highest BCUT2D eigenvalue weighted by molar-refractivity contribution is 7.21. The highest BCUT2D eigenvalue weighted by Crippen LogP contribution is 2.33. The Labute approximate surface area is 177 Å². The number of thiazole rings is 1. The fourth-order valence-corrected chi connectivity index (χ4v) is 3.93. The second kappa shape index (κ2) is 7.79. The van der Waals surface area contributed by atoms with Crippen LogP contribution in [0.25, 0.3) is 20.8 Å². The van der Waals surface area contributed by atoms with Gasteiger partial charge in [-0.3, -0.25) is 0 Å². The molecule has 1 saturated heterocycles. The molecule has 0 bridgehead atoms. The molecule has 4 rings (SSSR count). The fraction of sp³-hybridized carbons (Fsp3) is 0.227. The number of rotatable bonds is 5. The third kappa shape index (κ3) is 4.13. The van der Waals surface area contributed by atoms with E-state index in [-0.39, 0.29) is 5.57 Å². The summed E-state index contributed by atoms with van der Waals surface area (Å²) >= 11 is 1.59. The summed E-state index contributed by atoms with van der Waals surface area (Å²) in [6.45, 7) is 5.58. The van der Waals surface area contributed by atoms with E-state index in [1.165, 1.54) is 20.0 Å². The van der Waals surface area contributed by atoms with E-state index < -0.39 is 17.7 Å². The second-order valence-electron chi connectivity index (χ2n) is 7.04. The van der Waals surface area contributed by atoms with Gasteiger partial charge in [-0.25, -0.2) is 14.6 Å². The number of nitrogens with one attached hydrogen (secondary N) is 1. The van der Waals surface area contributed by atoms with Crippen LogP contribution in [0.5, 0.6) is 5.75 Å². The summed E-state index contributed by atoms with van der Waals surface area (Å²) in [4.78, 5) is 28.6. The lowest BCUT2D eigenvalue weighted by Crippen LogP contribution is -2.42. The molecule has 1 aliphatic rings. The van der Waals surface area contributed by atoms with Crippen LogP contribution in [0.4, 0.5) is 5.69 Å². The maximum atomic E-state index is 12.0. The number of esters is 2. The minimum absolute atomic E-state index is 0.185. The number of hydrogen-bond donors (Lipinski definition) is 1. The van der Waals surface area contributed by atoms with Gasteiger partial charge in [-0.2, -0.15) is 0 Å². The van der Waals surface area contributed by atoms with Crippen molar-refractivity contribution in [1.29, 1.82) is 0 Å². The molecule has 0 aliphatic carbocycles. The van der Waals surface area contributed by atoms with Crippen molar-refractivity contribution in [3.05, 3.63) is 54.2 Å². The average molecular weight is 424 g/mol. The number of fused-ring (bicyclic) bond motifs is 1. The molecule has 0 saturated carbocycles. The topological polar surface area (TPSA) is 86.8 Å². The van der Waals surface area contributed by atoms with Gasteiger partial charge in [0.2, 0.25) is 0 Å². The Hall–Kier alpha value is -3.39. The van der Waals surface area contributed by atoms with Crippen molar-refractivity contribution in [2.75, 3.05) is 11.9 Å². The molecule has 1 fully saturated rings. The zero-order chi connectivity index (χ0) is 21.3. The molecule has 30 heavy (non-hydrogen) atoms. The lowest BCUT2D eigenvalue weighted by Gasteiger charge is -2.29. The molecule has 1 aromatic heterocycles. The third-order valence-corrected chi connectivity index (χ3v) is 5.37. The minimum atomic E-state index is -1.26. The molecule has 2 heterocycles. The molecule has 0 radical (unpaired) electrons. The fourth-order valence-electron chi connectivity index (χ4n) is 2.93. The molecule has 0 unspecified atom stereocenters. The van der Waals surface area contributed by atoms with Gasteiger partial charge in [-0.05, 0) is 49.4 Å². The SMILES string of the molecule is CCOc1ccc2nc(-c3ccc(NC=C4C(=O)OC(C)(C)OC4=O)cc3)sc2c1. The van der Waals surface area contributed by atoms with E-state index in [9.17, 15) is 9.59 Å². The Morgan fingerprint density at radius 2 is 1.80 bits per heavy atom. The summed E-state index contributed by atoms with van der Waals surface area (Å²) in [7, 11) is 0. The molecule has 0 atom stereocenters. The zero-order valence-corrected chi connectivity index (χ0v) is 17.5. The van der Waals surface area contributed by atoms with Crippen molar-refractivity contribution in [3.63, 3.8) is 0 Å². The lowest BCUT2D eigenvalue weighted by molar-refractivity contribution is -0.222. The van der Waals surface area contributed by atoms with Crippen molar-refractivity contribution >= 4 is 39.2 Å². The van der Waals surface area contributed by atoms with Gasteiger partial charge in [-0.15, -0.1) is 11.3 Å². The van der Waals surface area contributed by atoms with Gasteiger partial charge in [0.25, 0.3) is 5.79 Å². The highest BCUT2D eigenvalue weighted by atomic mass is 32.1. The van der Waals surface area contributed by atoms with E-state index in [0.29, 0.717) is 12.3 Å². The molecule has 0 amide bonds. The summed E-state index contributed by atoms with van der Waals surface area (Å²) in [5.74, 6) is -1.87. The van der Waals surface area contributed by atoms with Crippen molar-refractivity contribution in [1.82, 2.24) is 4.98 Å². The lowest BCUT2D eigenvalue weighted by atomic mass is 10.2. The molecular weight excluding hydrogens is 404 g/mol. The van der Waals surface area contributed by atoms with E-state index in [1.54, 1.807) is 11.3 Å². The number of cyclic esters (lactones) is 2. The number of ether oxygens (including phenoxy) is 3. The Morgan fingerprint density at radius 1 is 1.10 bits per heavy atom. The predicted octanol–water partition coefficient (Wildman–Crippen LogP) is 4.49. The van der Waals surface area contributed by atoms with E-state index in [1.807, 2.05) is 49.4 Å². The van der Waals surface area contributed by atoms with E-state index >= 15 is 0 Å². The van der Waals surface area contributed by atoms with E-state index in [2.05, 4.69) is 10.3 Å². The van der Waals surface area contributed by atoms with Gasteiger partial charge < -0.3 is 19.5 Å². The van der Waals surface area contributed by atoms with E-state index in [4.69, 9.17) is 14.2 Å². The first kappa shape index (κ1) is 19.9. The molecule has 8 heteroatoms. The summed E-state index contributed by atoms with van der Waals surface area (Å²) in [6, 6.07) is 13.4. The summed E-state index contributed by atoms with van der Waals surface area (Å²) in [5.41, 5.74) is 2.40. The molecule has 2 aromatic carbocycles. The molecule has 7 nitrogen and oxygen atoms in total. The number of hydrogen-bond acceptors (Lipinski definition) is 8. The van der Waals surface area contributed by atoms with Gasteiger partial charge in [0.15, 0.2) is 5.57 Å². The van der Waals surface area contributed by atoms with Gasteiger partial charge >= 0.3 is 11.9 Å². The summed E-state index contributed by atoms with van der Waals surface area (Å²) in [6.07, 6.45) is 1.29. The predicted molar refractivity (Wildman–Crippen MR) is 114 cm³/mol. The largest absolute Gasteiger partial charge is 0.494 e. The quantitative estimate of drug-likeness (QED) is 0.367. The van der Waals surface area contributed by atoms with Crippen molar-refractivity contribution < 1.29 is 23.8 Å². The van der Waals surface area contributed by atoms with Gasteiger partial charge in [0.1, 0.15) is 10.8 Å². The van der Waals surface area contributed by atoms with Crippen LogP contribution in [-0.4, -0.2) is 29.3 Å². The van der Waals surface area contributed by atoms with Crippen LogP contribution in [0.2, 0.25) is 0 Å². The van der Waals surface area contributed by atoms with Crippen LogP contribution in [-0.2, 0) is 19.1 Å². The van der Waals surface area contributed by atoms with Gasteiger partial charge in [0, 0.05) is 31.3 Å². The molecule has 1 N–H and O–H groups in total.